The Morgan fingerprint density at radius 2 is 2.17 bits per heavy atom. The maximum absolute atomic E-state index is 13.3. The molecule has 0 aliphatic rings. The summed E-state index contributed by atoms with van der Waals surface area (Å²) in [4.78, 5) is 1.13. The van der Waals surface area contributed by atoms with Crippen molar-refractivity contribution in [2.24, 2.45) is 5.84 Å². The monoisotopic (exact) mass is 328 g/mol. The van der Waals surface area contributed by atoms with Gasteiger partial charge in [0.1, 0.15) is 5.82 Å². The van der Waals surface area contributed by atoms with Crippen molar-refractivity contribution in [3.8, 4) is 0 Å². The van der Waals surface area contributed by atoms with Gasteiger partial charge in [-0.2, -0.15) is 0 Å². The second-order valence-corrected chi connectivity index (χ2v) is 6.63. The van der Waals surface area contributed by atoms with Gasteiger partial charge in [-0.15, -0.1) is 11.3 Å². The third-order valence-electron chi connectivity index (χ3n) is 2.87. The largest absolute Gasteiger partial charge is 0.271 e. The lowest BCUT2D eigenvalue weighted by atomic mass is 10.0. The summed E-state index contributed by atoms with van der Waals surface area (Å²) in [6.45, 7) is 1.98. The first-order chi connectivity index (χ1) is 8.60. The molecule has 0 aliphatic carbocycles. The van der Waals surface area contributed by atoms with Crippen LogP contribution in [0, 0.1) is 12.7 Å². The van der Waals surface area contributed by atoms with Gasteiger partial charge in [-0.1, -0.05) is 6.07 Å². The lowest BCUT2D eigenvalue weighted by Crippen LogP contribution is -2.29. The molecule has 1 heterocycles. The van der Waals surface area contributed by atoms with Crippen molar-refractivity contribution in [2.75, 3.05) is 0 Å². The van der Waals surface area contributed by atoms with Gasteiger partial charge in [-0.3, -0.25) is 11.3 Å². The molecule has 2 nitrogen and oxygen atoms in total. The Labute approximate surface area is 118 Å². The van der Waals surface area contributed by atoms with Gasteiger partial charge in [-0.25, -0.2) is 4.39 Å². The van der Waals surface area contributed by atoms with Gasteiger partial charge in [0, 0.05) is 4.88 Å². The Morgan fingerprint density at radius 3 is 2.78 bits per heavy atom. The van der Waals surface area contributed by atoms with Gasteiger partial charge < -0.3 is 0 Å². The van der Waals surface area contributed by atoms with Gasteiger partial charge in [0.15, 0.2) is 0 Å². The third-order valence-corrected chi connectivity index (χ3v) is 4.61. The number of rotatable bonds is 4. The summed E-state index contributed by atoms with van der Waals surface area (Å²) in [7, 11) is 0. The summed E-state index contributed by atoms with van der Waals surface area (Å²) in [6.07, 6.45) is 0.674. The number of thiophene rings is 1. The molecule has 0 saturated carbocycles. The fourth-order valence-electron chi connectivity index (χ4n) is 1.84. The van der Waals surface area contributed by atoms with E-state index in [1.54, 1.807) is 23.5 Å². The summed E-state index contributed by atoms with van der Waals surface area (Å²) >= 11 is 5.06. The second-order valence-electron chi connectivity index (χ2n) is 4.14. The molecule has 1 aromatic carbocycles. The molecule has 96 valence electrons. The Kier molecular flexibility index (Phi) is 4.50. The highest BCUT2D eigenvalue weighted by Gasteiger charge is 2.14. The molecular formula is C13H14BrFN2S. The molecule has 0 radical (unpaired) electrons. The number of hydrazine groups is 1. The van der Waals surface area contributed by atoms with E-state index in [2.05, 4.69) is 21.4 Å². The summed E-state index contributed by atoms with van der Waals surface area (Å²) in [5.41, 5.74) is 4.84. The molecule has 0 amide bonds. The zero-order valence-corrected chi connectivity index (χ0v) is 12.3. The first-order valence-corrected chi connectivity index (χ1v) is 7.17. The standard InChI is InChI=1S/C13H14BrFN2S/c1-8-2-3-10(15)6-9(8)7-11(17-16)12-4-5-13(14)18-12/h2-6,11,17H,7,16H2,1H3. The molecule has 1 atom stereocenters. The first kappa shape index (κ1) is 13.7. The topological polar surface area (TPSA) is 38.0 Å². The van der Waals surface area contributed by atoms with Gasteiger partial charge >= 0.3 is 0 Å². The molecule has 0 spiro atoms. The van der Waals surface area contributed by atoms with Gasteiger partial charge in [0.25, 0.3) is 0 Å². The maximum Gasteiger partial charge on any atom is 0.123 e. The van der Waals surface area contributed by atoms with Crippen molar-refractivity contribution >= 4 is 27.3 Å². The van der Waals surface area contributed by atoms with Crippen LogP contribution in [-0.4, -0.2) is 0 Å². The van der Waals surface area contributed by atoms with E-state index in [1.165, 1.54) is 6.07 Å². The Bertz CT molecular complexity index is 542. The smallest absolute Gasteiger partial charge is 0.123 e. The van der Waals surface area contributed by atoms with E-state index < -0.39 is 0 Å². The number of nitrogens with two attached hydrogens (primary N) is 1. The van der Waals surface area contributed by atoms with Crippen molar-refractivity contribution in [1.29, 1.82) is 0 Å². The second kappa shape index (κ2) is 5.93. The predicted molar refractivity (Wildman–Crippen MR) is 76.9 cm³/mol. The number of benzene rings is 1. The highest BCUT2D eigenvalue weighted by Crippen LogP contribution is 2.29. The number of halogens is 2. The third kappa shape index (κ3) is 3.17. The van der Waals surface area contributed by atoms with Gasteiger partial charge in [0.05, 0.1) is 9.83 Å². The summed E-state index contributed by atoms with van der Waals surface area (Å²) in [5.74, 6) is 5.39. The predicted octanol–water partition coefficient (Wildman–Crippen LogP) is 3.71. The minimum atomic E-state index is -0.210. The minimum absolute atomic E-state index is 0.00167. The van der Waals surface area contributed by atoms with E-state index in [4.69, 9.17) is 5.84 Å². The molecule has 5 heteroatoms. The normalized spacial score (nSPS) is 12.7. The number of nitrogens with one attached hydrogen (secondary N) is 1. The van der Waals surface area contributed by atoms with Crippen molar-refractivity contribution < 1.29 is 4.39 Å². The molecule has 0 aliphatic heterocycles. The van der Waals surface area contributed by atoms with Crippen molar-refractivity contribution in [3.63, 3.8) is 0 Å². The lowest BCUT2D eigenvalue weighted by Gasteiger charge is -2.15. The highest BCUT2D eigenvalue weighted by atomic mass is 79.9. The van der Waals surface area contributed by atoms with Crippen LogP contribution < -0.4 is 11.3 Å². The van der Waals surface area contributed by atoms with E-state index in [0.29, 0.717) is 6.42 Å². The van der Waals surface area contributed by atoms with E-state index in [0.717, 1.165) is 19.8 Å². The van der Waals surface area contributed by atoms with Crippen molar-refractivity contribution in [3.05, 3.63) is 55.9 Å². The SMILES string of the molecule is Cc1ccc(F)cc1CC(NN)c1ccc(Br)s1. The maximum atomic E-state index is 13.3. The molecular weight excluding hydrogens is 315 g/mol. The molecule has 18 heavy (non-hydrogen) atoms. The van der Waals surface area contributed by atoms with Crippen LogP contribution in [0.15, 0.2) is 34.1 Å². The zero-order valence-electron chi connectivity index (χ0n) is 9.91. The highest BCUT2D eigenvalue weighted by molar-refractivity contribution is 9.11. The Hall–Kier alpha value is -0.750. The van der Waals surface area contributed by atoms with Gasteiger partial charge in [0.2, 0.25) is 0 Å². The fraction of sp³-hybridized carbons (Fsp3) is 0.231. The van der Waals surface area contributed by atoms with E-state index in [-0.39, 0.29) is 11.9 Å². The van der Waals surface area contributed by atoms with Crippen LogP contribution in [0.3, 0.4) is 0 Å². The van der Waals surface area contributed by atoms with Crippen molar-refractivity contribution in [2.45, 2.75) is 19.4 Å². The fourth-order valence-corrected chi connectivity index (χ4v) is 3.32. The van der Waals surface area contributed by atoms with Gasteiger partial charge in [-0.05, 0) is 64.7 Å². The number of hydrogen-bond acceptors (Lipinski definition) is 3. The van der Waals surface area contributed by atoms with Crippen LogP contribution in [0.25, 0.3) is 0 Å². The van der Waals surface area contributed by atoms with E-state index >= 15 is 0 Å². The molecule has 2 aromatic rings. The zero-order chi connectivity index (χ0) is 13.1. The minimum Gasteiger partial charge on any atom is -0.271 e. The van der Waals surface area contributed by atoms with Crippen LogP contribution in [0.4, 0.5) is 4.39 Å². The van der Waals surface area contributed by atoms with Crippen LogP contribution >= 0.6 is 27.3 Å². The summed E-state index contributed by atoms with van der Waals surface area (Å²) < 4.78 is 14.3. The molecule has 0 bridgehead atoms. The molecule has 1 unspecified atom stereocenters. The molecule has 0 fully saturated rings. The Morgan fingerprint density at radius 1 is 1.39 bits per heavy atom. The number of hydrogen-bond donors (Lipinski definition) is 2. The van der Waals surface area contributed by atoms with Crippen molar-refractivity contribution in [1.82, 2.24) is 5.43 Å². The average Bonchev–Trinajstić information content (AvgIpc) is 2.77. The summed E-state index contributed by atoms with van der Waals surface area (Å²) in [5, 5.41) is 0. The van der Waals surface area contributed by atoms with Crippen LogP contribution in [0.5, 0.6) is 0 Å². The molecule has 2 rings (SSSR count). The van der Waals surface area contributed by atoms with Crippen LogP contribution in [-0.2, 0) is 6.42 Å². The molecule has 0 saturated heterocycles. The Balaban J connectivity index is 2.22. The van der Waals surface area contributed by atoms with Crippen LogP contribution in [0.2, 0.25) is 0 Å². The summed E-state index contributed by atoms with van der Waals surface area (Å²) in [6, 6.07) is 8.86. The molecule has 1 aromatic heterocycles. The first-order valence-electron chi connectivity index (χ1n) is 5.56. The quantitative estimate of drug-likeness (QED) is 0.663. The van der Waals surface area contributed by atoms with Crippen LogP contribution in [0.1, 0.15) is 22.0 Å². The average molecular weight is 329 g/mol. The number of aryl methyl sites for hydroxylation is 1. The van der Waals surface area contributed by atoms with E-state index in [1.807, 2.05) is 19.1 Å². The van der Waals surface area contributed by atoms with E-state index in [9.17, 15) is 4.39 Å². The molecule has 3 N–H and O–H groups in total. The lowest BCUT2D eigenvalue weighted by molar-refractivity contribution is 0.555.